The zero-order valence-electron chi connectivity index (χ0n) is 18.2. The van der Waals surface area contributed by atoms with Crippen molar-refractivity contribution in [1.29, 1.82) is 5.26 Å². The highest BCUT2D eigenvalue weighted by Crippen LogP contribution is 2.47. The number of hydrogen-bond donors (Lipinski definition) is 1. The second-order valence-corrected chi connectivity index (χ2v) is 9.72. The fraction of sp³-hybridized carbons (Fsp3) is 0.625. The van der Waals surface area contributed by atoms with E-state index in [1.54, 1.807) is 4.90 Å². The third-order valence-corrected chi connectivity index (χ3v) is 7.86. The van der Waals surface area contributed by atoms with Gasteiger partial charge in [0.05, 0.1) is 24.2 Å². The first-order valence-corrected chi connectivity index (χ1v) is 11.8. The highest BCUT2D eigenvalue weighted by atomic mass is 19.1. The third-order valence-electron chi connectivity index (χ3n) is 7.86. The van der Waals surface area contributed by atoms with Crippen LogP contribution in [0.2, 0.25) is 0 Å². The number of halogens is 1. The van der Waals surface area contributed by atoms with Gasteiger partial charge < -0.3 is 15.5 Å². The minimum absolute atomic E-state index is 0.00899. The van der Waals surface area contributed by atoms with Gasteiger partial charge in [-0.2, -0.15) is 5.26 Å². The third kappa shape index (κ3) is 3.57. The summed E-state index contributed by atoms with van der Waals surface area (Å²) in [4.78, 5) is 31.9. The van der Waals surface area contributed by atoms with Crippen LogP contribution in [0.5, 0.6) is 0 Å². The molecule has 3 saturated heterocycles. The standard InChI is InChI=1S/C24H30FN5O2/c25-17-8-6-16(7-9-17)22(15-3-1-4-15)30-19-11-21(24(30)32)28(13-19)14-20(27)23(31)29-10-2-5-18(29)12-26/h6-9,15,18-22H,1-5,10-11,13-14,27H2/t18-,19?,20-,21+,22+/m0/s1. The number of nitrogens with zero attached hydrogens (tertiary/aromatic N) is 4. The lowest BCUT2D eigenvalue weighted by molar-refractivity contribution is -0.143. The van der Waals surface area contributed by atoms with Crippen LogP contribution in [-0.4, -0.2) is 70.3 Å². The monoisotopic (exact) mass is 439 g/mol. The van der Waals surface area contributed by atoms with Crippen molar-refractivity contribution in [2.75, 3.05) is 19.6 Å². The van der Waals surface area contributed by atoms with Gasteiger partial charge in [-0.15, -0.1) is 0 Å². The number of fused-ring (bicyclic) bond motifs is 2. The fourth-order valence-corrected chi connectivity index (χ4v) is 6.04. The van der Waals surface area contributed by atoms with Gasteiger partial charge in [-0.05, 0) is 55.7 Å². The van der Waals surface area contributed by atoms with Gasteiger partial charge in [0.2, 0.25) is 11.8 Å². The van der Waals surface area contributed by atoms with Crippen LogP contribution >= 0.6 is 0 Å². The van der Waals surface area contributed by atoms with Crippen molar-refractivity contribution in [2.45, 2.75) is 68.7 Å². The van der Waals surface area contributed by atoms with Gasteiger partial charge >= 0.3 is 0 Å². The van der Waals surface area contributed by atoms with Crippen LogP contribution in [0.3, 0.4) is 0 Å². The van der Waals surface area contributed by atoms with Gasteiger partial charge in [-0.1, -0.05) is 18.6 Å². The maximum atomic E-state index is 13.5. The molecule has 3 heterocycles. The molecule has 2 bridgehead atoms. The maximum absolute atomic E-state index is 13.5. The van der Waals surface area contributed by atoms with E-state index in [0.717, 1.165) is 31.2 Å². The molecule has 0 spiro atoms. The SMILES string of the molecule is N#C[C@@H]1CCCN1C(=O)[C@@H](N)CN1CC2C[C@@H]1C(=O)N2[C@@H](c1ccc(F)cc1)C1CCC1. The molecule has 1 aromatic rings. The van der Waals surface area contributed by atoms with Crippen LogP contribution in [-0.2, 0) is 9.59 Å². The molecule has 0 aromatic heterocycles. The van der Waals surface area contributed by atoms with E-state index in [2.05, 4.69) is 6.07 Å². The summed E-state index contributed by atoms with van der Waals surface area (Å²) in [6.07, 6.45) is 5.61. The highest BCUT2D eigenvalue weighted by Gasteiger charge is 2.54. The van der Waals surface area contributed by atoms with Crippen molar-refractivity contribution >= 4 is 11.8 Å². The smallest absolute Gasteiger partial charge is 0.241 e. The van der Waals surface area contributed by atoms with Crippen molar-refractivity contribution in [3.05, 3.63) is 35.6 Å². The summed E-state index contributed by atoms with van der Waals surface area (Å²) in [5.41, 5.74) is 7.25. The largest absolute Gasteiger partial charge is 0.330 e. The van der Waals surface area contributed by atoms with Gasteiger partial charge in [0.15, 0.2) is 0 Å². The van der Waals surface area contributed by atoms with Gasteiger partial charge in [0.25, 0.3) is 0 Å². The van der Waals surface area contributed by atoms with E-state index in [4.69, 9.17) is 5.73 Å². The van der Waals surface area contributed by atoms with Crippen LogP contribution in [0.25, 0.3) is 0 Å². The molecule has 7 nitrogen and oxygen atoms in total. The van der Waals surface area contributed by atoms with Crippen molar-refractivity contribution in [3.8, 4) is 6.07 Å². The predicted octanol–water partition coefficient (Wildman–Crippen LogP) is 1.79. The predicted molar refractivity (Wildman–Crippen MR) is 115 cm³/mol. The summed E-state index contributed by atoms with van der Waals surface area (Å²) in [6.45, 7) is 1.60. The molecule has 8 heteroatoms. The number of likely N-dealkylation sites (tertiary alicyclic amines) is 3. The molecule has 4 aliphatic rings. The minimum Gasteiger partial charge on any atom is -0.330 e. The Kier molecular flexibility index (Phi) is 5.64. The number of benzene rings is 1. The highest BCUT2D eigenvalue weighted by molar-refractivity contribution is 5.87. The van der Waals surface area contributed by atoms with Gasteiger partial charge in [-0.25, -0.2) is 4.39 Å². The molecule has 1 unspecified atom stereocenters. The van der Waals surface area contributed by atoms with E-state index in [1.165, 1.54) is 18.6 Å². The second-order valence-electron chi connectivity index (χ2n) is 9.72. The number of amides is 2. The molecule has 2 N–H and O–H groups in total. The van der Waals surface area contributed by atoms with Crippen molar-refractivity contribution in [3.63, 3.8) is 0 Å². The van der Waals surface area contributed by atoms with E-state index in [1.807, 2.05) is 21.9 Å². The van der Waals surface area contributed by atoms with Crippen LogP contribution in [0, 0.1) is 23.1 Å². The average molecular weight is 440 g/mol. The normalized spacial score (nSPS) is 29.8. The average Bonchev–Trinajstić information content (AvgIpc) is 3.45. The quantitative estimate of drug-likeness (QED) is 0.730. The topological polar surface area (TPSA) is 93.7 Å². The second kappa shape index (κ2) is 8.45. The lowest BCUT2D eigenvalue weighted by atomic mass is 9.76. The summed E-state index contributed by atoms with van der Waals surface area (Å²) in [7, 11) is 0. The molecule has 3 aliphatic heterocycles. The number of nitrogens with two attached hydrogens (primary N) is 1. The number of nitriles is 1. The minimum atomic E-state index is -0.732. The van der Waals surface area contributed by atoms with Crippen LogP contribution in [0.15, 0.2) is 24.3 Å². The first-order valence-electron chi connectivity index (χ1n) is 11.8. The zero-order chi connectivity index (χ0) is 22.4. The van der Waals surface area contributed by atoms with Crippen molar-refractivity contribution in [1.82, 2.24) is 14.7 Å². The fourth-order valence-electron chi connectivity index (χ4n) is 6.04. The van der Waals surface area contributed by atoms with E-state index in [0.29, 0.717) is 32.0 Å². The first kappa shape index (κ1) is 21.4. The number of carbonyl (C=O) groups is 2. The molecule has 2 amide bonds. The molecule has 170 valence electrons. The summed E-state index contributed by atoms with van der Waals surface area (Å²) in [6, 6.07) is 7.46. The Morgan fingerprint density at radius 3 is 2.59 bits per heavy atom. The van der Waals surface area contributed by atoms with E-state index in [-0.39, 0.29) is 41.8 Å². The van der Waals surface area contributed by atoms with Crippen molar-refractivity contribution < 1.29 is 14.0 Å². The molecule has 5 rings (SSSR count). The van der Waals surface area contributed by atoms with Crippen LogP contribution < -0.4 is 5.73 Å². The lowest BCUT2D eigenvalue weighted by Gasteiger charge is -2.45. The molecule has 1 saturated carbocycles. The Labute approximate surface area is 187 Å². The molecular weight excluding hydrogens is 409 g/mol. The van der Waals surface area contributed by atoms with E-state index in [9.17, 15) is 19.2 Å². The van der Waals surface area contributed by atoms with Gasteiger partial charge in [-0.3, -0.25) is 14.5 Å². The van der Waals surface area contributed by atoms with Crippen molar-refractivity contribution in [2.24, 2.45) is 11.7 Å². The van der Waals surface area contributed by atoms with E-state index < -0.39 is 6.04 Å². The zero-order valence-corrected chi connectivity index (χ0v) is 18.2. The molecule has 5 atom stereocenters. The van der Waals surface area contributed by atoms with Gasteiger partial charge in [0, 0.05) is 25.7 Å². The summed E-state index contributed by atoms with van der Waals surface area (Å²) in [5.74, 6) is 0.0500. The first-order chi connectivity index (χ1) is 15.5. The number of carbonyl (C=O) groups excluding carboxylic acids is 2. The Balaban J connectivity index is 1.28. The molecule has 4 fully saturated rings. The molecule has 1 aliphatic carbocycles. The Bertz CT molecular complexity index is 927. The Morgan fingerprint density at radius 1 is 1.22 bits per heavy atom. The molecule has 1 aromatic carbocycles. The number of hydrogen-bond acceptors (Lipinski definition) is 5. The summed E-state index contributed by atoms with van der Waals surface area (Å²) >= 11 is 0. The maximum Gasteiger partial charge on any atom is 0.241 e. The molecule has 0 radical (unpaired) electrons. The number of rotatable bonds is 6. The van der Waals surface area contributed by atoms with Crippen LogP contribution in [0.4, 0.5) is 4.39 Å². The van der Waals surface area contributed by atoms with E-state index >= 15 is 0 Å². The van der Waals surface area contributed by atoms with Gasteiger partial charge in [0.1, 0.15) is 11.9 Å². The Hall–Kier alpha value is -2.50. The lowest BCUT2D eigenvalue weighted by Crippen LogP contribution is -2.57. The summed E-state index contributed by atoms with van der Waals surface area (Å²) in [5, 5.41) is 9.27. The molecule has 32 heavy (non-hydrogen) atoms. The van der Waals surface area contributed by atoms with Crippen LogP contribution in [0.1, 0.15) is 50.1 Å². The summed E-state index contributed by atoms with van der Waals surface area (Å²) < 4.78 is 13.5. The molecular formula is C24H30FN5O2. The number of piperazine rings is 1. The Morgan fingerprint density at radius 2 is 1.97 bits per heavy atom.